The van der Waals surface area contributed by atoms with Crippen LogP contribution >= 0.6 is 0 Å². The molecule has 0 unspecified atom stereocenters. The van der Waals surface area contributed by atoms with E-state index in [2.05, 4.69) is 59.7 Å². The van der Waals surface area contributed by atoms with Crippen LogP contribution in [0.15, 0.2) is 48.8 Å². The van der Waals surface area contributed by atoms with Gasteiger partial charge in [-0.3, -0.25) is 0 Å². The second-order valence-electron chi connectivity index (χ2n) is 8.40. The van der Waals surface area contributed by atoms with Crippen LogP contribution in [0.1, 0.15) is 13.8 Å². The lowest BCUT2D eigenvalue weighted by atomic mass is 10.1. The molecule has 0 aliphatic carbocycles. The molecular formula is C22H30N2O2Si. The van der Waals surface area contributed by atoms with Gasteiger partial charge in [-0.05, 0) is 31.5 Å². The minimum absolute atomic E-state index is 0.107. The maximum absolute atomic E-state index is 6.08. The van der Waals surface area contributed by atoms with Crippen molar-refractivity contribution in [3.8, 4) is 16.9 Å². The van der Waals surface area contributed by atoms with E-state index in [0.29, 0.717) is 6.73 Å². The van der Waals surface area contributed by atoms with Gasteiger partial charge in [0.2, 0.25) is 0 Å². The third-order valence-corrected chi connectivity index (χ3v) is 6.10. The average Bonchev–Trinajstić information content (AvgIpc) is 2.98. The van der Waals surface area contributed by atoms with Crippen LogP contribution in [0.25, 0.3) is 22.2 Å². The van der Waals surface area contributed by atoms with Gasteiger partial charge in [0.05, 0.1) is 11.5 Å². The van der Waals surface area contributed by atoms with Gasteiger partial charge in [-0.1, -0.05) is 50.0 Å². The van der Waals surface area contributed by atoms with E-state index in [1.807, 2.05) is 32.2 Å². The third kappa shape index (κ3) is 4.99. The largest absolute Gasteiger partial charge is 0.490 e. The van der Waals surface area contributed by atoms with E-state index < -0.39 is 8.07 Å². The monoisotopic (exact) mass is 382 g/mol. The van der Waals surface area contributed by atoms with Gasteiger partial charge in [0.1, 0.15) is 18.1 Å². The van der Waals surface area contributed by atoms with Crippen molar-refractivity contribution >= 4 is 19.1 Å². The van der Waals surface area contributed by atoms with Crippen molar-refractivity contribution < 1.29 is 9.47 Å². The predicted molar refractivity (Wildman–Crippen MR) is 115 cm³/mol. The number of nitrogens with zero attached hydrogens (tertiary/aromatic N) is 2. The van der Waals surface area contributed by atoms with Gasteiger partial charge < -0.3 is 14.0 Å². The summed E-state index contributed by atoms with van der Waals surface area (Å²) in [6.45, 7) is 12.5. The molecule has 0 radical (unpaired) electrons. The van der Waals surface area contributed by atoms with Gasteiger partial charge in [-0.2, -0.15) is 0 Å². The number of pyridine rings is 1. The van der Waals surface area contributed by atoms with E-state index >= 15 is 0 Å². The predicted octanol–water partition coefficient (Wildman–Crippen LogP) is 5.80. The van der Waals surface area contributed by atoms with Crippen LogP contribution in [0, 0.1) is 0 Å². The number of fused-ring (bicyclic) bond motifs is 1. The van der Waals surface area contributed by atoms with Gasteiger partial charge in [-0.25, -0.2) is 4.98 Å². The van der Waals surface area contributed by atoms with E-state index in [0.717, 1.165) is 40.6 Å². The molecule has 0 saturated heterocycles. The molecule has 0 aliphatic rings. The molecule has 0 amide bonds. The molecule has 0 aliphatic heterocycles. The lowest BCUT2D eigenvalue weighted by Crippen LogP contribution is -2.22. The molecule has 27 heavy (non-hydrogen) atoms. The highest BCUT2D eigenvalue weighted by Gasteiger charge is 2.17. The first-order chi connectivity index (χ1) is 12.8. The quantitative estimate of drug-likeness (QED) is 0.365. The first-order valence-corrected chi connectivity index (χ1v) is 13.3. The highest BCUT2D eigenvalue weighted by Crippen LogP contribution is 2.36. The Bertz CT molecular complexity index is 882. The molecule has 0 atom stereocenters. The number of aromatic nitrogens is 2. The Morgan fingerprint density at radius 3 is 2.48 bits per heavy atom. The summed E-state index contributed by atoms with van der Waals surface area (Å²) in [5, 5.41) is 1.05. The molecule has 3 rings (SSSR count). The van der Waals surface area contributed by atoms with Crippen molar-refractivity contribution in [3.05, 3.63) is 48.8 Å². The zero-order chi connectivity index (χ0) is 19.4. The van der Waals surface area contributed by atoms with Crippen LogP contribution in [0.2, 0.25) is 25.7 Å². The zero-order valence-corrected chi connectivity index (χ0v) is 18.0. The Kier molecular flexibility index (Phi) is 6.02. The molecule has 0 saturated carbocycles. The number of hydrogen-bond acceptors (Lipinski definition) is 3. The van der Waals surface area contributed by atoms with E-state index in [-0.39, 0.29) is 6.10 Å². The standard InChI is InChI=1S/C22H30N2O2Si/c1-17(2)26-20-11-12-23-22-21(20)19(18-9-7-6-8-10-18)15-24(22)16-25-13-14-27(3,4)5/h6-12,15,17H,13-14,16H2,1-5H3. The van der Waals surface area contributed by atoms with Crippen LogP contribution in [-0.4, -0.2) is 30.3 Å². The van der Waals surface area contributed by atoms with E-state index in [1.165, 1.54) is 0 Å². The SMILES string of the molecule is CC(C)Oc1ccnc2c1c(-c1ccccc1)cn2COCC[Si](C)(C)C. The summed E-state index contributed by atoms with van der Waals surface area (Å²) in [5.74, 6) is 0.870. The molecule has 3 aromatic rings. The van der Waals surface area contributed by atoms with Gasteiger partial charge in [0.25, 0.3) is 0 Å². The van der Waals surface area contributed by atoms with E-state index in [9.17, 15) is 0 Å². The maximum atomic E-state index is 6.08. The second kappa shape index (κ2) is 8.27. The van der Waals surface area contributed by atoms with Gasteiger partial charge in [0.15, 0.2) is 0 Å². The lowest BCUT2D eigenvalue weighted by Gasteiger charge is -2.15. The number of hydrogen-bond donors (Lipinski definition) is 0. The smallest absolute Gasteiger partial charge is 0.146 e. The number of rotatable bonds is 8. The minimum atomic E-state index is -1.09. The first-order valence-electron chi connectivity index (χ1n) is 9.63. The maximum Gasteiger partial charge on any atom is 0.146 e. The van der Waals surface area contributed by atoms with Crippen molar-refractivity contribution in [3.63, 3.8) is 0 Å². The summed E-state index contributed by atoms with van der Waals surface area (Å²) >= 11 is 0. The van der Waals surface area contributed by atoms with Crippen molar-refractivity contribution in [2.24, 2.45) is 0 Å². The molecular weight excluding hydrogens is 352 g/mol. The molecule has 2 aromatic heterocycles. The van der Waals surface area contributed by atoms with E-state index in [1.54, 1.807) is 0 Å². The van der Waals surface area contributed by atoms with Gasteiger partial charge >= 0.3 is 0 Å². The van der Waals surface area contributed by atoms with Crippen molar-refractivity contribution in [1.29, 1.82) is 0 Å². The average molecular weight is 383 g/mol. The number of ether oxygens (including phenoxy) is 2. The normalized spacial score (nSPS) is 12.1. The van der Waals surface area contributed by atoms with Gasteiger partial charge in [0, 0.05) is 32.6 Å². The summed E-state index contributed by atoms with van der Waals surface area (Å²) in [7, 11) is -1.09. The Hall–Kier alpha value is -2.11. The van der Waals surface area contributed by atoms with E-state index in [4.69, 9.17) is 9.47 Å². The first kappa shape index (κ1) is 19.6. The Morgan fingerprint density at radius 2 is 1.81 bits per heavy atom. The molecule has 0 bridgehead atoms. The third-order valence-electron chi connectivity index (χ3n) is 4.39. The summed E-state index contributed by atoms with van der Waals surface area (Å²) in [6, 6.07) is 13.5. The van der Waals surface area contributed by atoms with Crippen LogP contribution in [0.5, 0.6) is 5.75 Å². The van der Waals surface area contributed by atoms with Gasteiger partial charge in [-0.15, -0.1) is 0 Å². The van der Waals surface area contributed by atoms with Crippen molar-refractivity contribution in [2.75, 3.05) is 6.61 Å². The Balaban J connectivity index is 1.97. The fraction of sp³-hybridized carbons (Fsp3) is 0.409. The molecule has 0 N–H and O–H groups in total. The lowest BCUT2D eigenvalue weighted by molar-refractivity contribution is 0.0899. The topological polar surface area (TPSA) is 36.3 Å². The molecule has 2 heterocycles. The highest BCUT2D eigenvalue weighted by molar-refractivity contribution is 6.76. The summed E-state index contributed by atoms with van der Waals surface area (Å²) in [6.07, 6.45) is 4.05. The van der Waals surface area contributed by atoms with Crippen LogP contribution in [0.3, 0.4) is 0 Å². The molecule has 0 spiro atoms. The summed E-state index contributed by atoms with van der Waals surface area (Å²) < 4.78 is 14.2. The second-order valence-corrected chi connectivity index (χ2v) is 14.0. The molecule has 5 heteroatoms. The van der Waals surface area contributed by atoms with Crippen LogP contribution < -0.4 is 4.74 Å². The van der Waals surface area contributed by atoms with Crippen LogP contribution in [-0.2, 0) is 11.5 Å². The van der Waals surface area contributed by atoms with Crippen molar-refractivity contribution in [1.82, 2.24) is 9.55 Å². The fourth-order valence-electron chi connectivity index (χ4n) is 3.01. The molecule has 1 aromatic carbocycles. The summed E-state index contributed by atoms with van der Waals surface area (Å²) in [5.41, 5.74) is 3.19. The minimum Gasteiger partial charge on any atom is -0.490 e. The molecule has 4 nitrogen and oxygen atoms in total. The van der Waals surface area contributed by atoms with Crippen molar-refractivity contribution in [2.45, 2.75) is 52.4 Å². The highest BCUT2D eigenvalue weighted by atomic mass is 28.3. The zero-order valence-electron chi connectivity index (χ0n) is 17.0. The summed E-state index contributed by atoms with van der Waals surface area (Å²) in [4.78, 5) is 4.63. The van der Waals surface area contributed by atoms with Crippen LogP contribution in [0.4, 0.5) is 0 Å². The molecule has 144 valence electrons. The Labute approximate surface area is 163 Å². The molecule has 0 fully saturated rings. The fourth-order valence-corrected chi connectivity index (χ4v) is 3.77. The Morgan fingerprint density at radius 1 is 1.07 bits per heavy atom. The number of benzene rings is 1.